The number of aromatic amines is 1. The number of nitrogens with zero attached hydrogens (tertiary/aromatic N) is 1. The molecule has 2 aromatic heterocycles. The fraction of sp³-hybridized carbons (Fsp3) is 0.316. The third-order valence-electron chi connectivity index (χ3n) is 3.92. The van der Waals surface area contributed by atoms with E-state index in [0.29, 0.717) is 27.8 Å². The van der Waals surface area contributed by atoms with E-state index in [1.165, 1.54) is 35.2 Å². The maximum Gasteiger partial charge on any atom is 0.260 e. The Balaban J connectivity index is 1.85. The first-order chi connectivity index (χ1) is 12.8. The monoisotopic (exact) mass is 405 g/mol. The SMILES string of the molecule is CC(C)CNC(=O)C(C)Sc1nc2scc(-c3ccc(F)cc3)c2c(=O)[nH]1. The highest BCUT2D eigenvalue weighted by molar-refractivity contribution is 8.00. The number of carbonyl (C=O) groups is 1. The lowest BCUT2D eigenvalue weighted by Gasteiger charge is -2.12. The molecule has 8 heteroatoms. The quantitative estimate of drug-likeness (QED) is 0.479. The topological polar surface area (TPSA) is 74.8 Å². The first-order valence-corrected chi connectivity index (χ1v) is 10.3. The fourth-order valence-corrected chi connectivity index (χ4v) is 4.32. The molecule has 0 aliphatic rings. The van der Waals surface area contributed by atoms with Gasteiger partial charge in [-0.25, -0.2) is 9.37 Å². The number of carbonyl (C=O) groups excluding carboxylic acids is 1. The van der Waals surface area contributed by atoms with Crippen molar-refractivity contribution in [2.75, 3.05) is 6.54 Å². The van der Waals surface area contributed by atoms with Crippen LogP contribution in [0.3, 0.4) is 0 Å². The molecule has 0 spiro atoms. The van der Waals surface area contributed by atoms with Crippen LogP contribution in [0, 0.1) is 11.7 Å². The van der Waals surface area contributed by atoms with E-state index in [0.717, 1.165) is 11.1 Å². The summed E-state index contributed by atoms with van der Waals surface area (Å²) in [4.78, 5) is 32.6. The van der Waals surface area contributed by atoms with E-state index in [-0.39, 0.29) is 22.5 Å². The number of halogens is 1. The second-order valence-corrected chi connectivity index (χ2v) is 8.79. The molecule has 0 bridgehead atoms. The summed E-state index contributed by atoms with van der Waals surface area (Å²) in [6.45, 7) is 6.45. The summed E-state index contributed by atoms with van der Waals surface area (Å²) >= 11 is 2.57. The molecule has 3 aromatic rings. The zero-order valence-corrected chi connectivity index (χ0v) is 16.8. The van der Waals surface area contributed by atoms with E-state index < -0.39 is 0 Å². The van der Waals surface area contributed by atoms with Crippen LogP contribution in [0.15, 0.2) is 39.6 Å². The number of amides is 1. The van der Waals surface area contributed by atoms with Crippen molar-refractivity contribution in [3.8, 4) is 11.1 Å². The Bertz CT molecular complexity index is 1010. The number of hydrogen-bond donors (Lipinski definition) is 2. The highest BCUT2D eigenvalue weighted by Gasteiger charge is 2.18. The average molecular weight is 406 g/mol. The van der Waals surface area contributed by atoms with Gasteiger partial charge >= 0.3 is 0 Å². The molecule has 0 aliphatic heterocycles. The van der Waals surface area contributed by atoms with Gasteiger partial charge in [0, 0.05) is 17.5 Å². The first-order valence-electron chi connectivity index (χ1n) is 8.57. The number of hydrogen-bond acceptors (Lipinski definition) is 5. The van der Waals surface area contributed by atoms with E-state index >= 15 is 0 Å². The number of thiophene rings is 1. The van der Waals surface area contributed by atoms with Gasteiger partial charge in [0.05, 0.1) is 10.6 Å². The minimum Gasteiger partial charge on any atom is -0.355 e. The van der Waals surface area contributed by atoms with E-state index in [1.807, 2.05) is 19.2 Å². The Hall–Kier alpha value is -2.19. The summed E-state index contributed by atoms with van der Waals surface area (Å²) in [6, 6.07) is 6.00. The van der Waals surface area contributed by atoms with Crippen LogP contribution in [0.1, 0.15) is 20.8 Å². The van der Waals surface area contributed by atoms with Gasteiger partial charge in [0.2, 0.25) is 5.91 Å². The van der Waals surface area contributed by atoms with Crippen LogP contribution in [-0.2, 0) is 4.79 Å². The third-order valence-corrected chi connectivity index (χ3v) is 5.78. The van der Waals surface area contributed by atoms with Crippen LogP contribution in [0.4, 0.5) is 4.39 Å². The van der Waals surface area contributed by atoms with Gasteiger partial charge in [-0.2, -0.15) is 0 Å². The van der Waals surface area contributed by atoms with Gasteiger partial charge < -0.3 is 10.3 Å². The number of rotatable bonds is 6. The molecule has 1 amide bonds. The molecule has 142 valence electrons. The lowest BCUT2D eigenvalue weighted by molar-refractivity contribution is -0.120. The molecular formula is C19H20FN3O2S2. The van der Waals surface area contributed by atoms with Gasteiger partial charge in [-0.3, -0.25) is 9.59 Å². The summed E-state index contributed by atoms with van der Waals surface area (Å²) in [5.74, 6) is -0.0419. The first kappa shape index (κ1) is 19.6. The number of benzene rings is 1. The molecule has 0 radical (unpaired) electrons. The molecule has 2 heterocycles. The maximum absolute atomic E-state index is 13.1. The molecule has 0 aliphatic carbocycles. The number of nitrogens with one attached hydrogen (secondary N) is 2. The lowest BCUT2D eigenvalue weighted by atomic mass is 10.1. The summed E-state index contributed by atoms with van der Waals surface area (Å²) in [5, 5.41) is 5.23. The summed E-state index contributed by atoms with van der Waals surface area (Å²) < 4.78 is 13.1. The number of fused-ring (bicyclic) bond motifs is 1. The molecular weight excluding hydrogens is 385 g/mol. The van der Waals surface area contributed by atoms with Gasteiger partial charge in [-0.1, -0.05) is 37.7 Å². The van der Waals surface area contributed by atoms with Crippen LogP contribution in [-0.4, -0.2) is 27.7 Å². The number of H-pyrrole nitrogens is 1. The molecule has 2 N–H and O–H groups in total. The summed E-state index contributed by atoms with van der Waals surface area (Å²) in [5.41, 5.74) is 1.22. The highest BCUT2D eigenvalue weighted by Crippen LogP contribution is 2.32. The molecule has 0 saturated carbocycles. The van der Waals surface area contributed by atoms with Gasteiger partial charge in [-0.05, 0) is 30.5 Å². The maximum atomic E-state index is 13.1. The van der Waals surface area contributed by atoms with Crippen molar-refractivity contribution in [1.82, 2.24) is 15.3 Å². The van der Waals surface area contributed by atoms with E-state index in [1.54, 1.807) is 19.1 Å². The Kier molecular flexibility index (Phi) is 5.96. The Morgan fingerprint density at radius 2 is 2.00 bits per heavy atom. The Morgan fingerprint density at radius 3 is 2.67 bits per heavy atom. The van der Waals surface area contributed by atoms with E-state index in [2.05, 4.69) is 15.3 Å². The molecule has 3 rings (SSSR count). The van der Waals surface area contributed by atoms with E-state index in [9.17, 15) is 14.0 Å². The standard InChI is InChI=1S/C19H20FN3O2S2/c1-10(2)8-21-16(24)11(3)27-19-22-17(25)15-14(9-26-18(15)23-19)12-4-6-13(20)7-5-12/h4-7,9-11H,8H2,1-3H3,(H,21,24)(H,22,23,25). The smallest absolute Gasteiger partial charge is 0.260 e. The van der Waals surface area contributed by atoms with Crippen LogP contribution >= 0.6 is 23.1 Å². The minimum atomic E-state index is -0.374. The molecule has 1 unspecified atom stereocenters. The van der Waals surface area contributed by atoms with Crippen molar-refractivity contribution in [3.05, 3.63) is 45.8 Å². The van der Waals surface area contributed by atoms with Gasteiger partial charge in [0.25, 0.3) is 5.56 Å². The van der Waals surface area contributed by atoms with Crippen molar-refractivity contribution in [3.63, 3.8) is 0 Å². The van der Waals surface area contributed by atoms with Crippen molar-refractivity contribution in [2.24, 2.45) is 5.92 Å². The second kappa shape index (κ2) is 8.22. The summed E-state index contributed by atoms with van der Waals surface area (Å²) in [7, 11) is 0. The summed E-state index contributed by atoms with van der Waals surface area (Å²) in [6.07, 6.45) is 0. The predicted molar refractivity (Wildman–Crippen MR) is 109 cm³/mol. The molecule has 0 saturated heterocycles. The molecule has 5 nitrogen and oxygen atoms in total. The fourth-order valence-electron chi connectivity index (χ4n) is 2.50. The average Bonchev–Trinajstić information content (AvgIpc) is 3.04. The molecule has 0 fully saturated rings. The normalized spacial score (nSPS) is 12.5. The van der Waals surface area contributed by atoms with Crippen molar-refractivity contribution in [2.45, 2.75) is 31.2 Å². The van der Waals surface area contributed by atoms with Gasteiger partial charge in [-0.15, -0.1) is 11.3 Å². The zero-order chi connectivity index (χ0) is 19.6. The Labute approximate surface area is 164 Å². The van der Waals surface area contributed by atoms with E-state index in [4.69, 9.17) is 0 Å². The van der Waals surface area contributed by atoms with Gasteiger partial charge in [0.1, 0.15) is 10.6 Å². The minimum absolute atomic E-state index is 0.0883. The van der Waals surface area contributed by atoms with Crippen molar-refractivity contribution < 1.29 is 9.18 Å². The highest BCUT2D eigenvalue weighted by atomic mass is 32.2. The second-order valence-electron chi connectivity index (χ2n) is 6.61. The van der Waals surface area contributed by atoms with Crippen LogP contribution in [0.2, 0.25) is 0 Å². The largest absolute Gasteiger partial charge is 0.355 e. The van der Waals surface area contributed by atoms with Crippen LogP contribution in [0.25, 0.3) is 21.3 Å². The zero-order valence-electron chi connectivity index (χ0n) is 15.2. The van der Waals surface area contributed by atoms with Gasteiger partial charge in [0.15, 0.2) is 5.16 Å². The number of thioether (sulfide) groups is 1. The molecule has 27 heavy (non-hydrogen) atoms. The number of aromatic nitrogens is 2. The third kappa shape index (κ3) is 4.56. The van der Waals surface area contributed by atoms with Crippen molar-refractivity contribution in [1.29, 1.82) is 0 Å². The van der Waals surface area contributed by atoms with Crippen LogP contribution < -0.4 is 10.9 Å². The predicted octanol–water partition coefficient (Wildman–Crippen LogP) is 4.04. The lowest BCUT2D eigenvalue weighted by Crippen LogP contribution is -2.33. The Morgan fingerprint density at radius 1 is 1.30 bits per heavy atom. The molecule has 1 aromatic carbocycles. The van der Waals surface area contributed by atoms with Crippen molar-refractivity contribution >= 4 is 39.2 Å². The van der Waals surface area contributed by atoms with Crippen LogP contribution in [0.5, 0.6) is 0 Å². The molecule has 1 atom stereocenters.